The van der Waals surface area contributed by atoms with Gasteiger partial charge in [-0.15, -0.1) is 11.6 Å². The maximum atomic E-state index is 12.1. The average molecular weight is 335 g/mol. The number of methoxy groups -OCH3 is 2. The van der Waals surface area contributed by atoms with Crippen molar-refractivity contribution in [1.82, 2.24) is 9.97 Å². The van der Waals surface area contributed by atoms with Crippen LogP contribution in [0.25, 0.3) is 0 Å². The first kappa shape index (κ1) is 17.8. The first-order valence-corrected chi connectivity index (χ1v) is 7.56. The van der Waals surface area contributed by atoms with E-state index in [2.05, 4.69) is 9.97 Å². The van der Waals surface area contributed by atoms with Crippen LogP contribution in [0.5, 0.6) is 11.8 Å². The molecule has 0 aliphatic carbocycles. The number of alkyl halides is 1. The third-order valence-electron chi connectivity index (χ3n) is 2.42. The quantitative estimate of drug-likeness (QED) is 0.328. The Morgan fingerprint density at radius 1 is 1.33 bits per heavy atom. The standard InChI is InChI=1S/C13H19ClN2O4S/c1-6-20-11(17)10(13(2,3)14)21-12-15-8(18-4)7-9(16-12)19-5/h7,10H,6H2,1-5H3. The van der Waals surface area contributed by atoms with Crippen molar-refractivity contribution in [2.24, 2.45) is 0 Å². The van der Waals surface area contributed by atoms with Gasteiger partial charge in [-0.05, 0) is 20.8 Å². The Morgan fingerprint density at radius 2 is 1.86 bits per heavy atom. The number of rotatable bonds is 7. The smallest absolute Gasteiger partial charge is 0.321 e. The van der Waals surface area contributed by atoms with Crippen LogP contribution in [0.2, 0.25) is 0 Å². The van der Waals surface area contributed by atoms with E-state index in [0.29, 0.717) is 16.9 Å². The molecule has 0 aliphatic heterocycles. The molecule has 1 unspecified atom stereocenters. The van der Waals surface area contributed by atoms with Crippen LogP contribution in [0.4, 0.5) is 0 Å². The zero-order valence-corrected chi connectivity index (χ0v) is 14.2. The molecule has 0 spiro atoms. The van der Waals surface area contributed by atoms with Gasteiger partial charge in [-0.2, -0.15) is 9.97 Å². The van der Waals surface area contributed by atoms with E-state index in [1.807, 2.05) is 0 Å². The number of ether oxygens (including phenoxy) is 3. The number of esters is 1. The fourth-order valence-electron chi connectivity index (χ4n) is 1.44. The summed E-state index contributed by atoms with van der Waals surface area (Å²) in [7, 11) is 2.98. The SMILES string of the molecule is CCOC(=O)C(Sc1nc(OC)cc(OC)n1)C(C)(C)Cl. The summed E-state index contributed by atoms with van der Waals surface area (Å²) in [5, 5.41) is -0.325. The molecule has 0 saturated heterocycles. The van der Waals surface area contributed by atoms with Crippen molar-refractivity contribution in [3.8, 4) is 11.8 Å². The van der Waals surface area contributed by atoms with Gasteiger partial charge < -0.3 is 14.2 Å². The molecule has 0 N–H and O–H groups in total. The van der Waals surface area contributed by atoms with Crippen molar-refractivity contribution >= 4 is 29.3 Å². The van der Waals surface area contributed by atoms with E-state index in [1.54, 1.807) is 26.8 Å². The van der Waals surface area contributed by atoms with Crippen LogP contribution in [0.1, 0.15) is 20.8 Å². The summed E-state index contributed by atoms with van der Waals surface area (Å²) >= 11 is 7.40. The van der Waals surface area contributed by atoms with Gasteiger partial charge in [-0.25, -0.2) is 0 Å². The Kier molecular flexibility index (Phi) is 6.54. The molecule has 0 aromatic carbocycles. The molecular formula is C13H19ClN2O4S. The van der Waals surface area contributed by atoms with Crippen LogP contribution in [0.3, 0.4) is 0 Å². The second-order valence-electron chi connectivity index (χ2n) is 4.55. The average Bonchev–Trinajstić information content (AvgIpc) is 2.43. The van der Waals surface area contributed by atoms with Crippen LogP contribution >= 0.6 is 23.4 Å². The summed E-state index contributed by atoms with van der Waals surface area (Å²) in [6.07, 6.45) is 0. The molecule has 0 amide bonds. The predicted octanol–water partition coefficient (Wildman–Crippen LogP) is 2.54. The van der Waals surface area contributed by atoms with Gasteiger partial charge in [0.25, 0.3) is 0 Å². The van der Waals surface area contributed by atoms with Crippen molar-refractivity contribution in [3.63, 3.8) is 0 Å². The first-order chi connectivity index (χ1) is 9.81. The molecule has 0 saturated carbocycles. The number of carbonyl (C=O) groups excluding carboxylic acids is 1. The van der Waals surface area contributed by atoms with Crippen molar-refractivity contribution in [2.75, 3.05) is 20.8 Å². The maximum Gasteiger partial charge on any atom is 0.321 e. The fraction of sp³-hybridized carbons (Fsp3) is 0.615. The van der Waals surface area contributed by atoms with Crippen molar-refractivity contribution in [1.29, 1.82) is 0 Å². The minimum Gasteiger partial charge on any atom is -0.481 e. The van der Waals surface area contributed by atoms with Gasteiger partial charge in [0.05, 0.1) is 31.8 Å². The number of carbonyl (C=O) groups is 1. The van der Waals surface area contributed by atoms with E-state index in [1.165, 1.54) is 14.2 Å². The topological polar surface area (TPSA) is 70.5 Å². The van der Waals surface area contributed by atoms with Gasteiger partial charge in [0.1, 0.15) is 5.25 Å². The van der Waals surface area contributed by atoms with Gasteiger partial charge in [0, 0.05) is 0 Å². The predicted molar refractivity (Wildman–Crippen MR) is 81.3 cm³/mol. The third kappa shape index (κ3) is 5.24. The van der Waals surface area contributed by atoms with Crippen LogP contribution in [0, 0.1) is 0 Å². The summed E-state index contributed by atoms with van der Waals surface area (Å²) in [6.45, 7) is 5.50. The van der Waals surface area contributed by atoms with Gasteiger partial charge in [-0.1, -0.05) is 11.8 Å². The molecule has 0 aliphatic rings. The largest absolute Gasteiger partial charge is 0.481 e. The summed E-state index contributed by atoms with van der Waals surface area (Å²) in [5.74, 6) is 0.284. The lowest BCUT2D eigenvalue weighted by Crippen LogP contribution is -2.36. The molecule has 1 atom stereocenters. The van der Waals surface area contributed by atoms with Crippen LogP contribution < -0.4 is 9.47 Å². The highest BCUT2D eigenvalue weighted by atomic mass is 35.5. The number of halogens is 1. The molecule has 0 radical (unpaired) electrons. The minimum atomic E-state index is -0.823. The Hall–Kier alpha value is -1.21. The number of hydrogen-bond acceptors (Lipinski definition) is 7. The molecule has 21 heavy (non-hydrogen) atoms. The summed E-state index contributed by atoms with van der Waals surface area (Å²) in [4.78, 5) is 19.6. The monoisotopic (exact) mass is 334 g/mol. The van der Waals surface area contributed by atoms with Gasteiger partial charge in [0.15, 0.2) is 5.16 Å². The third-order valence-corrected chi connectivity index (χ3v) is 4.18. The molecule has 0 fully saturated rings. The number of aromatic nitrogens is 2. The highest BCUT2D eigenvalue weighted by molar-refractivity contribution is 8.00. The molecule has 8 heteroatoms. The Labute approximate surface area is 133 Å². The van der Waals surface area contributed by atoms with E-state index >= 15 is 0 Å². The van der Waals surface area contributed by atoms with Crippen molar-refractivity contribution < 1.29 is 19.0 Å². The zero-order valence-electron chi connectivity index (χ0n) is 12.7. The second-order valence-corrected chi connectivity index (χ2v) is 6.60. The van der Waals surface area contributed by atoms with E-state index in [9.17, 15) is 4.79 Å². The van der Waals surface area contributed by atoms with Gasteiger partial charge >= 0.3 is 5.97 Å². The first-order valence-electron chi connectivity index (χ1n) is 6.31. The highest BCUT2D eigenvalue weighted by Crippen LogP contribution is 2.35. The second kappa shape index (κ2) is 7.70. The molecule has 6 nitrogen and oxygen atoms in total. The molecule has 1 heterocycles. The number of thioether (sulfide) groups is 1. The fourth-order valence-corrected chi connectivity index (χ4v) is 2.60. The minimum absolute atomic E-state index is 0.283. The molecule has 1 rings (SSSR count). The lowest BCUT2D eigenvalue weighted by Gasteiger charge is -2.25. The summed E-state index contributed by atoms with van der Waals surface area (Å²) in [5.41, 5.74) is 0. The van der Waals surface area contributed by atoms with E-state index < -0.39 is 16.1 Å². The van der Waals surface area contributed by atoms with E-state index in [4.69, 9.17) is 25.8 Å². The highest BCUT2D eigenvalue weighted by Gasteiger charge is 2.36. The number of nitrogens with zero attached hydrogens (tertiary/aromatic N) is 2. The zero-order chi connectivity index (χ0) is 16.0. The van der Waals surface area contributed by atoms with Gasteiger partial charge in [-0.3, -0.25) is 4.79 Å². The molecule has 1 aromatic rings. The summed E-state index contributed by atoms with van der Waals surface area (Å²) in [6, 6.07) is 1.55. The number of hydrogen-bond donors (Lipinski definition) is 0. The normalized spacial score (nSPS) is 12.7. The summed E-state index contributed by atoms with van der Waals surface area (Å²) < 4.78 is 15.2. The maximum absolute atomic E-state index is 12.1. The molecular weight excluding hydrogens is 316 g/mol. The molecule has 1 aromatic heterocycles. The van der Waals surface area contributed by atoms with Crippen LogP contribution in [0.15, 0.2) is 11.2 Å². The lowest BCUT2D eigenvalue weighted by atomic mass is 10.1. The lowest BCUT2D eigenvalue weighted by molar-refractivity contribution is -0.142. The Morgan fingerprint density at radius 3 is 2.24 bits per heavy atom. The van der Waals surface area contributed by atoms with E-state index in [0.717, 1.165) is 11.8 Å². The van der Waals surface area contributed by atoms with E-state index in [-0.39, 0.29) is 6.61 Å². The van der Waals surface area contributed by atoms with Crippen LogP contribution in [-0.4, -0.2) is 46.9 Å². The van der Waals surface area contributed by atoms with Gasteiger partial charge in [0.2, 0.25) is 11.8 Å². The Balaban J connectivity index is 3.05. The van der Waals surface area contributed by atoms with Crippen molar-refractivity contribution in [3.05, 3.63) is 6.07 Å². The van der Waals surface area contributed by atoms with Crippen LogP contribution in [-0.2, 0) is 9.53 Å². The molecule has 0 bridgehead atoms. The molecule has 118 valence electrons. The van der Waals surface area contributed by atoms with Crippen molar-refractivity contribution in [2.45, 2.75) is 36.1 Å². The Bertz CT molecular complexity index is 471.